The molecule has 0 spiro atoms. The molecule has 0 saturated heterocycles. The zero-order valence-corrected chi connectivity index (χ0v) is 22.0. The van der Waals surface area contributed by atoms with Crippen LogP contribution in [-0.2, 0) is 34.1 Å². The van der Waals surface area contributed by atoms with E-state index in [0.29, 0.717) is 6.42 Å². The Morgan fingerprint density at radius 1 is 1.06 bits per heavy atom. The van der Waals surface area contributed by atoms with Crippen LogP contribution in [0.4, 0.5) is 0 Å². The van der Waals surface area contributed by atoms with Gasteiger partial charge in [-0.15, -0.1) is 4.83 Å². The monoisotopic (exact) mass is 511 g/mol. The van der Waals surface area contributed by atoms with Crippen LogP contribution in [0.5, 0.6) is 0 Å². The summed E-state index contributed by atoms with van der Waals surface area (Å²) in [7, 11) is -3.12. The molecule has 0 aliphatic heterocycles. The van der Waals surface area contributed by atoms with Crippen LogP contribution in [0, 0.1) is 17.8 Å². The number of carbonyl (C=O) groups excluding carboxylic acids is 3. The lowest BCUT2D eigenvalue weighted by Crippen LogP contribution is -2.51. The summed E-state index contributed by atoms with van der Waals surface area (Å²) in [6, 6.07) is 9.49. The summed E-state index contributed by atoms with van der Waals surface area (Å²) >= 11 is 0. The summed E-state index contributed by atoms with van der Waals surface area (Å²) in [6.07, 6.45) is 4.17. The van der Waals surface area contributed by atoms with Gasteiger partial charge < -0.3 is 9.47 Å². The predicted octanol–water partition coefficient (Wildman–Crippen LogP) is 2.34. The van der Waals surface area contributed by atoms with E-state index in [-0.39, 0.29) is 12.3 Å². The van der Waals surface area contributed by atoms with Crippen LogP contribution in [0.15, 0.2) is 36.4 Å². The molecular formula is C24H37N3O7S. The number of nitrogens with one attached hydrogen (secondary N) is 3. The number of esters is 2. The average Bonchev–Trinajstić information content (AvgIpc) is 2.77. The Kier molecular flexibility index (Phi) is 12.1. The van der Waals surface area contributed by atoms with Crippen LogP contribution >= 0.6 is 0 Å². The predicted molar refractivity (Wildman–Crippen MR) is 133 cm³/mol. The smallest absolute Gasteiger partial charge is 0.320 e. The van der Waals surface area contributed by atoms with E-state index in [0.717, 1.165) is 12.7 Å². The van der Waals surface area contributed by atoms with Crippen molar-refractivity contribution >= 4 is 34.1 Å². The lowest BCUT2D eigenvalue weighted by molar-refractivity contribution is -0.164. The van der Waals surface area contributed by atoms with Crippen molar-refractivity contribution in [1.82, 2.24) is 15.0 Å². The third-order valence-electron chi connectivity index (χ3n) is 4.70. The van der Waals surface area contributed by atoms with Gasteiger partial charge in [0.05, 0.1) is 18.9 Å². The van der Waals surface area contributed by atoms with E-state index >= 15 is 0 Å². The maximum absolute atomic E-state index is 13.1. The second kappa shape index (κ2) is 14.0. The minimum atomic E-state index is -4.23. The van der Waals surface area contributed by atoms with Crippen LogP contribution in [0.2, 0.25) is 0 Å². The lowest BCUT2D eigenvalue weighted by atomic mass is 9.82. The zero-order chi connectivity index (χ0) is 26.6. The number of ether oxygens (including phenoxy) is 2. The van der Waals surface area contributed by atoms with E-state index in [9.17, 15) is 22.8 Å². The Hall–Kier alpha value is -2.76. The minimum absolute atomic E-state index is 0.0304. The van der Waals surface area contributed by atoms with E-state index in [1.54, 1.807) is 26.8 Å². The first-order valence-corrected chi connectivity index (χ1v) is 12.8. The molecule has 0 saturated carbocycles. The third-order valence-corrected chi connectivity index (χ3v) is 5.60. The maximum atomic E-state index is 13.1. The average molecular weight is 512 g/mol. The van der Waals surface area contributed by atoms with E-state index in [2.05, 4.69) is 10.2 Å². The normalized spacial score (nSPS) is 13.9. The third kappa shape index (κ3) is 12.5. The Morgan fingerprint density at radius 3 is 2.23 bits per heavy atom. The molecule has 0 bridgehead atoms. The minimum Gasteiger partial charge on any atom is -0.468 e. The van der Waals surface area contributed by atoms with Crippen LogP contribution in [-0.4, -0.2) is 45.5 Å². The van der Waals surface area contributed by atoms with Crippen molar-refractivity contribution in [2.45, 2.75) is 53.1 Å². The first kappa shape index (κ1) is 30.3. The molecule has 1 rings (SSSR count). The second-order valence-corrected chi connectivity index (χ2v) is 10.9. The highest BCUT2D eigenvalue weighted by Gasteiger charge is 2.36. The molecule has 0 aromatic heterocycles. The highest BCUT2D eigenvalue weighted by molar-refractivity contribution is 7.87. The van der Waals surface area contributed by atoms with Crippen molar-refractivity contribution in [2.75, 3.05) is 13.7 Å². The molecular weight excluding hydrogens is 474 g/mol. The molecule has 196 valence electrons. The number of hydrogen-bond donors (Lipinski definition) is 3. The van der Waals surface area contributed by atoms with Gasteiger partial charge in [-0.05, 0) is 45.1 Å². The molecule has 35 heavy (non-hydrogen) atoms. The number of methoxy groups -OCH3 is 1. The highest BCUT2D eigenvalue weighted by Crippen LogP contribution is 2.28. The van der Waals surface area contributed by atoms with Crippen molar-refractivity contribution in [3.8, 4) is 0 Å². The standard InChI is InChI=1S/C24H37N3O7S/c1-17(2)15-20(22(29)26-27-35(31,32)25-16-21(28)33-6)19(23(30)34-24(3,4)5)14-10-13-18-11-8-7-9-12-18/h7-13,17,19-20,25,27H,14-16H2,1-6H3,(H,26,29)/t19-,20+/m0/s1. The van der Waals surface area contributed by atoms with Gasteiger partial charge in [0.25, 0.3) is 10.2 Å². The molecule has 10 nitrogen and oxygen atoms in total. The van der Waals surface area contributed by atoms with Crippen molar-refractivity contribution in [3.05, 3.63) is 42.0 Å². The molecule has 2 atom stereocenters. The van der Waals surface area contributed by atoms with Gasteiger partial charge >= 0.3 is 11.9 Å². The Balaban J connectivity index is 3.09. The molecule has 1 amide bonds. The molecule has 0 radical (unpaired) electrons. The fourth-order valence-corrected chi connectivity index (χ4v) is 3.77. The molecule has 0 aliphatic rings. The molecule has 1 aromatic carbocycles. The van der Waals surface area contributed by atoms with Crippen LogP contribution < -0.4 is 15.0 Å². The van der Waals surface area contributed by atoms with E-state index in [1.807, 2.05) is 59.8 Å². The highest BCUT2D eigenvalue weighted by atomic mass is 32.2. The van der Waals surface area contributed by atoms with Crippen molar-refractivity contribution < 1.29 is 32.3 Å². The number of benzene rings is 1. The van der Waals surface area contributed by atoms with Crippen molar-refractivity contribution in [1.29, 1.82) is 0 Å². The van der Waals surface area contributed by atoms with Crippen molar-refractivity contribution in [2.24, 2.45) is 17.8 Å². The number of rotatable bonds is 13. The van der Waals surface area contributed by atoms with E-state index < -0.39 is 52.0 Å². The summed E-state index contributed by atoms with van der Waals surface area (Å²) in [5.41, 5.74) is 2.32. The fourth-order valence-electron chi connectivity index (χ4n) is 3.15. The first-order chi connectivity index (χ1) is 16.2. The number of amides is 1. The molecule has 0 fully saturated rings. The van der Waals surface area contributed by atoms with Gasteiger partial charge in [0.1, 0.15) is 12.1 Å². The van der Waals surface area contributed by atoms with Gasteiger partial charge in [-0.3, -0.25) is 19.8 Å². The van der Waals surface area contributed by atoms with Gasteiger partial charge in [-0.1, -0.05) is 56.3 Å². The summed E-state index contributed by atoms with van der Waals surface area (Å²) in [6.45, 7) is 8.39. The molecule has 3 N–H and O–H groups in total. The van der Waals surface area contributed by atoms with Gasteiger partial charge in [-0.2, -0.15) is 13.1 Å². The molecule has 1 aromatic rings. The summed E-state index contributed by atoms with van der Waals surface area (Å²) in [5.74, 6) is -3.75. The van der Waals surface area contributed by atoms with E-state index in [1.165, 1.54) is 0 Å². The Bertz CT molecular complexity index is 971. The summed E-state index contributed by atoms with van der Waals surface area (Å²) < 4.78 is 36.1. The SMILES string of the molecule is COC(=O)CNS(=O)(=O)NNC(=O)[C@H](CC(C)C)[C@H](CC=Cc1ccccc1)C(=O)OC(C)(C)C. The molecule has 11 heteroatoms. The Morgan fingerprint density at radius 2 is 1.69 bits per heavy atom. The zero-order valence-electron chi connectivity index (χ0n) is 21.2. The maximum Gasteiger partial charge on any atom is 0.320 e. The van der Waals surface area contributed by atoms with Crippen molar-refractivity contribution in [3.63, 3.8) is 0 Å². The van der Waals surface area contributed by atoms with Gasteiger partial charge in [0.2, 0.25) is 5.91 Å². The molecule has 0 heterocycles. The van der Waals surface area contributed by atoms with Crippen LogP contribution in [0.3, 0.4) is 0 Å². The van der Waals surface area contributed by atoms with Gasteiger partial charge in [0, 0.05) is 0 Å². The largest absolute Gasteiger partial charge is 0.468 e. The van der Waals surface area contributed by atoms with E-state index in [4.69, 9.17) is 4.74 Å². The summed E-state index contributed by atoms with van der Waals surface area (Å²) in [4.78, 5) is 39.3. The van der Waals surface area contributed by atoms with Crippen LogP contribution in [0.1, 0.15) is 53.0 Å². The van der Waals surface area contributed by atoms with Gasteiger partial charge in [0.15, 0.2) is 0 Å². The van der Waals surface area contributed by atoms with Crippen LogP contribution in [0.25, 0.3) is 6.08 Å². The topological polar surface area (TPSA) is 140 Å². The molecule has 0 unspecified atom stereocenters. The number of hydrogen-bond acceptors (Lipinski definition) is 7. The second-order valence-electron chi connectivity index (χ2n) is 9.42. The Labute approximate surface area is 208 Å². The summed E-state index contributed by atoms with van der Waals surface area (Å²) in [5, 5.41) is 0. The number of allylic oxidation sites excluding steroid dienone is 1. The molecule has 0 aliphatic carbocycles. The van der Waals surface area contributed by atoms with Gasteiger partial charge in [-0.25, -0.2) is 0 Å². The fraction of sp³-hybridized carbons (Fsp3) is 0.542. The lowest BCUT2D eigenvalue weighted by Gasteiger charge is -2.29. The number of carbonyl (C=O) groups is 3. The number of hydrazine groups is 1. The quantitative estimate of drug-likeness (QED) is 0.273. The first-order valence-electron chi connectivity index (χ1n) is 11.3.